The molecule has 1 aromatic carbocycles. The van der Waals surface area contributed by atoms with Crippen molar-refractivity contribution in [1.29, 1.82) is 0 Å². The quantitative estimate of drug-likeness (QED) is 0.912. The van der Waals surface area contributed by atoms with Crippen LogP contribution in [0.1, 0.15) is 24.2 Å². The third-order valence-electron chi connectivity index (χ3n) is 3.11. The number of hydrogen-bond acceptors (Lipinski definition) is 3. The number of carboxylic acids is 1. The molecule has 1 aliphatic heterocycles. The summed E-state index contributed by atoms with van der Waals surface area (Å²) in [6, 6.07) is 5.54. The van der Waals surface area contributed by atoms with Crippen LogP contribution in [0.2, 0.25) is 0 Å². The lowest BCUT2D eigenvalue weighted by atomic mass is 10.1. The van der Waals surface area contributed by atoms with Crippen LogP contribution in [-0.4, -0.2) is 36.4 Å². The van der Waals surface area contributed by atoms with Gasteiger partial charge < -0.3 is 14.7 Å². The van der Waals surface area contributed by atoms with E-state index < -0.39 is 5.97 Å². The fraction of sp³-hybridized carbons (Fsp3) is 0.462. The highest BCUT2D eigenvalue weighted by Crippen LogP contribution is 2.28. The van der Waals surface area contributed by atoms with Crippen LogP contribution in [0.15, 0.2) is 22.7 Å². The van der Waals surface area contributed by atoms with E-state index in [-0.39, 0.29) is 12.1 Å². The van der Waals surface area contributed by atoms with E-state index >= 15 is 0 Å². The molecule has 0 bridgehead atoms. The van der Waals surface area contributed by atoms with Crippen LogP contribution in [0.5, 0.6) is 0 Å². The van der Waals surface area contributed by atoms with Gasteiger partial charge in [0, 0.05) is 17.1 Å². The molecule has 0 spiro atoms. The fourth-order valence-corrected chi connectivity index (χ4v) is 2.53. The fourth-order valence-electron chi connectivity index (χ4n) is 2.17. The average molecular weight is 314 g/mol. The van der Waals surface area contributed by atoms with E-state index in [1.54, 1.807) is 6.07 Å². The summed E-state index contributed by atoms with van der Waals surface area (Å²) in [5.41, 5.74) is 1.08. The van der Waals surface area contributed by atoms with E-state index in [9.17, 15) is 9.90 Å². The van der Waals surface area contributed by atoms with Crippen LogP contribution < -0.4 is 4.90 Å². The zero-order valence-electron chi connectivity index (χ0n) is 10.4. The smallest absolute Gasteiger partial charge is 0.337 e. The molecule has 2 rings (SSSR count). The van der Waals surface area contributed by atoms with Gasteiger partial charge in [0.15, 0.2) is 0 Å². The van der Waals surface area contributed by atoms with Crippen molar-refractivity contribution in [1.82, 2.24) is 0 Å². The molecule has 1 aromatic rings. The number of anilines is 1. The molecule has 0 saturated carbocycles. The minimum absolute atomic E-state index is 0.117. The molecule has 0 amide bonds. The summed E-state index contributed by atoms with van der Waals surface area (Å²) in [5, 5.41) is 9.29. The summed E-state index contributed by atoms with van der Waals surface area (Å²) < 4.78 is 6.34. The highest BCUT2D eigenvalue weighted by atomic mass is 79.9. The Labute approximate surface area is 115 Å². The summed E-state index contributed by atoms with van der Waals surface area (Å²) in [6.07, 6.45) is 0.117. The molecule has 0 aromatic heterocycles. The first-order valence-corrected chi connectivity index (χ1v) is 6.69. The van der Waals surface area contributed by atoms with Crippen molar-refractivity contribution in [3.05, 3.63) is 28.2 Å². The molecule has 98 valence electrons. The van der Waals surface area contributed by atoms with Gasteiger partial charge in [0.05, 0.1) is 24.0 Å². The third kappa shape index (κ3) is 2.67. The van der Waals surface area contributed by atoms with Crippen LogP contribution >= 0.6 is 15.9 Å². The molecular formula is C13H16BrNO3. The standard InChI is InChI=1S/C13H16BrNO3/c1-8-7-18-9(2)6-15(8)12-4-3-10(14)5-11(12)13(16)17/h3-5,8-9H,6-7H2,1-2H3,(H,16,17). The van der Waals surface area contributed by atoms with E-state index in [2.05, 4.69) is 20.8 Å². The molecule has 18 heavy (non-hydrogen) atoms. The molecule has 1 saturated heterocycles. The summed E-state index contributed by atoms with van der Waals surface area (Å²) in [4.78, 5) is 13.4. The van der Waals surface area contributed by atoms with E-state index in [1.807, 2.05) is 26.0 Å². The number of rotatable bonds is 2. The number of ether oxygens (including phenoxy) is 1. The van der Waals surface area contributed by atoms with Crippen molar-refractivity contribution in [2.24, 2.45) is 0 Å². The van der Waals surface area contributed by atoms with Crippen molar-refractivity contribution in [2.75, 3.05) is 18.1 Å². The second-order valence-electron chi connectivity index (χ2n) is 4.61. The molecule has 2 unspecified atom stereocenters. The number of benzene rings is 1. The lowest BCUT2D eigenvalue weighted by Gasteiger charge is -2.39. The van der Waals surface area contributed by atoms with Crippen LogP contribution in [0.4, 0.5) is 5.69 Å². The Bertz CT molecular complexity index is 464. The molecule has 5 heteroatoms. The van der Waals surface area contributed by atoms with Crippen LogP contribution in [0.25, 0.3) is 0 Å². The number of halogens is 1. The summed E-state index contributed by atoms with van der Waals surface area (Å²) >= 11 is 3.31. The Hall–Kier alpha value is -1.07. The van der Waals surface area contributed by atoms with Crippen LogP contribution in [-0.2, 0) is 4.74 Å². The van der Waals surface area contributed by atoms with Crippen LogP contribution in [0, 0.1) is 0 Å². The molecule has 1 aliphatic rings. The molecule has 0 radical (unpaired) electrons. The van der Waals surface area contributed by atoms with Gasteiger partial charge >= 0.3 is 5.97 Å². The van der Waals surface area contributed by atoms with Gasteiger partial charge in [0.1, 0.15) is 0 Å². The predicted octanol–water partition coefficient (Wildman–Crippen LogP) is 2.76. The van der Waals surface area contributed by atoms with Crippen molar-refractivity contribution in [2.45, 2.75) is 26.0 Å². The molecule has 0 aliphatic carbocycles. The summed E-state index contributed by atoms with van der Waals surface area (Å²) in [7, 11) is 0. The Morgan fingerprint density at radius 1 is 1.50 bits per heavy atom. The van der Waals surface area contributed by atoms with Gasteiger partial charge in [-0.2, -0.15) is 0 Å². The number of morpholine rings is 1. The first-order valence-electron chi connectivity index (χ1n) is 5.90. The first-order chi connectivity index (χ1) is 8.49. The van der Waals surface area contributed by atoms with Crippen molar-refractivity contribution < 1.29 is 14.6 Å². The van der Waals surface area contributed by atoms with Gasteiger partial charge in [0.25, 0.3) is 0 Å². The number of carbonyl (C=O) groups is 1. The maximum absolute atomic E-state index is 11.3. The van der Waals surface area contributed by atoms with Crippen molar-refractivity contribution in [3.8, 4) is 0 Å². The normalized spacial score (nSPS) is 24.1. The molecule has 1 fully saturated rings. The van der Waals surface area contributed by atoms with Crippen molar-refractivity contribution >= 4 is 27.6 Å². The molecule has 2 atom stereocenters. The molecule has 1 N–H and O–H groups in total. The first kappa shape index (κ1) is 13.4. The van der Waals surface area contributed by atoms with E-state index in [4.69, 9.17) is 4.74 Å². The number of nitrogens with zero attached hydrogens (tertiary/aromatic N) is 1. The molecular weight excluding hydrogens is 298 g/mol. The van der Waals surface area contributed by atoms with E-state index in [0.717, 1.165) is 10.2 Å². The Balaban J connectivity index is 2.40. The van der Waals surface area contributed by atoms with Gasteiger partial charge in [-0.3, -0.25) is 0 Å². The minimum Gasteiger partial charge on any atom is -0.478 e. The third-order valence-corrected chi connectivity index (χ3v) is 3.60. The second-order valence-corrected chi connectivity index (χ2v) is 5.53. The zero-order chi connectivity index (χ0) is 13.3. The Morgan fingerprint density at radius 3 is 2.89 bits per heavy atom. The van der Waals surface area contributed by atoms with Crippen molar-refractivity contribution in [3.63, 3.8) is 0 Å². The van der Waals surface area contributed by atoms with Crippen LogP contribution in [0.3, 0.4) is 0 Å². The SMILES string of the molecule is CC1CN(c2ccc(Br)cc2C(=O)O)C(C)CO1. The maximum Gasteiger partial charge on any atom is 0.337 e. The molecule has 1 heterocycles. The topological polar surface area (TPSA) is 49.8 Å². The average Bonchev–Trinajstić information content (AvgIpc) is 2.32. The summed E-state index contributed by atoms with van der Waals surface area (Å²) in [6.45, 7) is 5.37. The molecule has 4 nitrogen and oxygen atoms in total. The maximum atomic E-state index is 11.3. The van der Waals surface area contributed by atoms with Gasteiger partial charge in [-0.15, -0.1) is 0 Å². The largest absolute Gasteiger partial charge is 0.478 e. The number of aromatic carboxylic acids is 1. The lowest BCUT2D eigenvalue weighted by Crippen LogP contribution is -2.48. The highest BCUT2D eigenvalue weighted by molar-refractivity contribution is 9.10. The van der Waals surface area contributed by atoms with E-state index in [1.165, 1.54) is 0 Å². The minimum atomic E-state index is -0.905. The van der Waals surface area contributed by atoms with E-state index in [0.29, 0.717) is 18.7 Å². The summed E-state index contributed by atoms with van der Waals surface area (Å²) in [5.74, 6) is -0.905. The Kier molecular flexibility index (Phi) is 3.92. The second kappa shape index (κ2) is 5.28. The monoisotopic (exact) mass is 313 g/mol. The predicted molar refractivity (Wildman–Crippen MR) is 73.3 cm³/mol. The number of carboxylic acid groups (broad SMARTS) is 1. The van der Waals surface area contributed by atoms with Gasteiger partial charge in [-0.1, -0.05) is 15.9 Å². The highest BCUT2D eigenvalue weighted by Gasteiger charge is 2.26. The zero-order valence-corrected chi connectivity index (χ0v) is 12.0. The number of hydrogen-bond donors (Lipinski definition) is 1. The van der Waals surface area contributed by atoms with Gasteiger partial charge in [-0.05, 0) is 32.0 Å². The van der Waals surface area contributed by atoms with Gasteiger partial charge in [-0.25, -0.2) is 4.79 Å². The van der Waals surface area contributed by atoms with Gasteiger partial charge in [0.2, 0.25) is 0 Å². The Morgan fingerprint density at radius 2 is 2.22 bits per heavy atom. The lowest BCUT2D eigenvalue weighted by molar-refractivity contribution is 0.0341.